The zero-order valence-electron chi connectivity index (χ0n) is 13.4. The van der Waals surface area contributed by atoms with Crippen LogP contribution in [0.3, 0.4) is 0 Å². The smallest absolute Gasteiger partial charge is 0.0717 e. The minimum absolute atomic E-state index is 0.979. The third-order valence-corrected chi connectivity index (χ3v) is 5.71. The highest BCUT2D eigenvalue weighted by Crippen LogP contribution is 2.46. The molecule has 2 aromatic carbocycles. The number of nitrogens with zero attached hydrogens (tertiary/aromatic N) is 2. The van der Waals surface area contributed by atoms with E-state index in [1.165, 1.54) is 53.5 Å². The van der Waals surface area contributed by atoms with E-state index in [0.717, 1.165) is 13.1 Å². The SMILES string of the molecule is c1ccc2c(c1)Sc1ccccc1N2NCCN1CCCCC1. The maximum atomic E-state index is 3.66. The average molecular weight is 325 g/mol. The molecule has 0 radical (unpaired) electrons. The van der Waals surface area contributed by atoms with Gasteiger partial charge in [0, 0.05) is 22.9 Å². The van der Waals surface area contributed by atoms with Crippen LogP contribution in [-0.4, -0.2) is 31.1 Å². The molecule has 0 aliphatic carbocycles. The van der Waals surface area contributed by atoms with Gasteiger partial charge in [-0.05, 0) is 50.2 Å². The molecular weight excluding hydrogens is 302 g/mol. The Morgan fingerprint density at radius 1 is 0.826 bits per heavy atom. The lowest BCUT2D eigenvalue weighted by Gasteiger charge is -2.34. The summed E-state index contributed by atoms with van der Waals surface area (Å²) in [6.45, 7) is 4.61. The van der Waals surface area contributed by atoms with E-state index in [1.807, 2.05) is 11.8 Å². The number of para-hydroxylation sites is 2. The van der Waals surface area contributed by atoms with Gasteiger partial charge in [-0.1, -0.05) is 42.4 Å². The van der Waals surface area contributed by atoms with Crippen LogP contribution in [0.25, 0.3) is 0 Å². The van der Waals surface area contributed by atoms with Crippen LogP contribution >= 0.6 is 11.8 Å². The maximum Gasteiger partial charge on any atom is 0.0717 e. The number of piperidine rings is 1. The lowest BCUT2D eigenvalue weighted by Crippen LogP contribution is -2.42. The van der Waals surface area contributed by atoms with Crippen molar-refractivity contribution in [2.24, 2.45) is 0 Å². The quantitative estimate of drug-likeness (QED) is 0.904. The van der Waals surface area contributed by atoms with Gasteiger partial charge in [-0.15, -0.1) is 0 Å². The van der Waals surface area contributed by atoms with Crippen molar-refractivity contribution < 1.29 is 0 Å². The number of anilines is 2. The van der Waals surface area contributed by atoms with E-state index in [4.69, 9.17) is 0 Å². The number of hydrazine groups is 1. The van der Waals surface area contributed by atoms with Crippen molar-refractivity contribution in [3.63, 3.8) is 0 Å². The molecule has 2 aromatic rings. The van der Waals surface area contributed by atoms with Crippen molar-refractivity contribution in [2.75, 3.05) is 31.2 Å². The number of hydrogen-bond donors (Lipinski definition) is 1. The lowest BCUT2D eigenvalue weighted by atomic mass is 10.1. The molecule has 0 saturated carbocycles. The van der Waals surface area contributed by atoms with Gasteiger partial charge in [0.25, 0.3) is 0 Å². The fourth-order valence-electron chi connectivity index (χ4n) is 3.38. The molecule has 0 unspecified atom stereocenters. The van der Waals surface area contributed by atoms with Gasteiger partial charge in [0.1, 0.15) is 0 Å². The van der Waals surface area contributed by atoms with Crippen LogP contribution in [-0.2, 0) is 0 Å². The molecule has 0 bridgehead atoms. The van der Waals surface area contributed by atoms with E-state index in [2.05, 4.69) is 63.9 Å². The molecule has 2 aliphatic rings. The van der Waals surface area contributed by atoms with Crippen LogP contribution < -0.4 is 10.4 Å². The number of benzene rings is 2. The first-order valence-electron chi connectivity index (χ1n) is 8.54. The maximum absolute atomic E-state index is 3.66. The van der Waals surface area contributed by atoms with Crippen LogP contribution in [0.5, 0.6) is 0 Å². The molecule has 1 fully saturated rings. The molecule has 4 rings (SSSR count). The van der Waals surface area contributed by atoms with Gasteiger partial charge in [0.05, 0.1) is 11.4 Å². The highest BCUT2D eigenvalue weighted by molar-refractivity contribution is 7.99. The zero-order valence-corrected chi connectivity index (χ0v) is 14.2. The van der Waals surface area contributed by atoms with Crippen molar-refractivity contribution in [1.82, 2.24) is 10.3 Å². The number of rotatable bonds is 4. The molecule has 4 heteroatoms. The second kappa shape index (κ2) is 6.95. The molecule has 23 heavy (non-hydrogen) atoms. The Hall–Kier alpha value is -1.49. The predicted molar refractivity (Wildman–Crippen MR) is 97.4 cm³/mol. The summed E-state index contributed by atoms with van der Waals surface area (Å²) in [5.41, 5.74) is 6.18. The van der Waals surface area contributed by atoms with Crippen LogP contribution in [0.2, 0.25) is 0 Å². The molecule has 0 amide bonds. The fourth-order valence-corrected chi connectivity index (χ4v) is 4.44. The summed E-state index contributed by atoms with van der Waals surface area (Å²) in [5.74, 6) is 0. The fraction of sp³-hybridized carbons (Fsp3) is 0.368. The number of nitrogens with one attached hydrogen (secondary N) is 1. The van der Waals surface area contributed by atoms with E-state index in [-0.39, 0.29) is 0 Å². The first-order valence-corrected chi connectivity index (χ1v) is 9.35. The predicted octanol–water partition coefficient (Wildman–Crippen LogP) is 4.28. The third-order valence-electron chi connectivity index (χ3n) is 4.58. The largest absolute Gasteiger partial charge is 0.302 e. The Balaban J connectivity index is 1.50. The Labute approximate surface area is 142 Å². The number of fused-ring (bicyclic) bond motifs is 2. The van der Waals surface area contributed by atoms with Gasteiger partial charge in [-0.25, -0.2) is 5.43 Å². The Morgan fingerprint density at radius 3 is 2.09 bits per heavy atom. The van der Waals surface area contributed by atoms with Crippen molar-refractivity contribution in [1.29, 1.82) is 0 Å². The zero-order chi connectivity index (χ0) is 15.5. The summed E-state index contributed by atoms with van der Waals surface area (Å²) in [5, 5.41) is 2.27. The molecule has 2 heterocycles. The molecule has 2 aliphatic heterocycles. The van der Waals surface area contributed by atoms with E-state index >= 15 is 0 Å². The highest BCUT2D eigenvalue weighted by atomic mass is 32.2. The molecule has 120 valence electrons. The van der Waals surface area contributed by atoms with Crippen molar-refractivity contribution in [2.45, 2.75) is 29.1 Å². The van der Waals surface area contributed by atoms with Crippen molar-refractivity contribution >= 4 is 23.1 Å². The van der Waals surface area contributed by atoms with Gasteiger partial charge in [-0.2, -0.15) is 0 Å². The van der Waals surface area contributed by atoms with E-state index in [9.17, 15) is 0 Å². The second-order valence-corrected chi connectivity index (χ2v) is 7.27. The molecular formula is C19H23N3S. The molecule has 0 aromatic heterocycles. The summed E-state index contributed by atoms with van der Waals surface area (Å²) in [6, 6.07) is 17.3. The minimum atomic E-state index is 0.979. The van der Waals surface area contributed by atoms with Gasteiger partial charge in [0.15, 0.2) is 0 Å². The summed E-state index contributed by atoms with van der Waals surface area (Å²) in [6.07, 6.45) is 4.10. The summed E-state index contributed by atoms with van der Waals surface area (Å²) in [4.78, 5) is 5.21. The van der Waals surface area contributed by atoms with E-state index in [1.54, 1.807) is 0 Å². The van der Waals surface area contributed by atoms with E-state index in [0.29, 0.717) is 0 Å². The topological polar surface area (TPSA) is 18.5 Å². The second-order valence-electron chi connectivity index (χ2n) is 6.18. The Morgan fingerprint density at radius 2 is 1.43 bits per heavy atom. The van der Waals surface area contributed by atoms with Crippen LogP contribution in [0, 0.1) is 0 Å². The minimum Gasteiger partial charge on any atom is -0.302 e. The van der Waals surface area contributed by atoms with Crippen molar-refractivity contribution in [3.8, 4) is 0 Å². The molecule has 3 nitrogen and oxygen atoms in total. The molecule has 1 saturated heterocycles. The van der Waals surface area contributed by atoms with Gasteiger partial charge < -0.3 is 4.90 Å². The van der Waals surface area contributed by atoms with Gasteiger partial charge >= 0.3 is 0 Å². The molecule has 0 atom stereocenters. The van der Waals surface area contributed by atoms with Crippen LogP contribution in [0.4, 0.5) is 11.4 Å². The normalized spacial score (nSPS) is 17.7. The van der Waals surface area contributed by atoms with Crippen LogP contribution in [0.1, 0.15) is 19.3 Å². The standard InChI is InChI=1S/C19H23N3S/c1-6-13-21(14-7-1)15-12-20-22-16-8-2-4-10-18(16)23-19-11-5-3-9-17(19)22/h2-5,8-11,20H,1,6-7,12-15H2. The number of hydrogen-bond acceptors (Lipinski definition) is 4. The van der Waals surface area contributed by atoms with Crippen molar-refractivity contribution in [3.05, 3.63) is 48.5 Å². The highest BCUT2D eigenvalue weighted by Gasteiger charge is 2.22. The lowest BCUT2D eigenvalue weighted by molar-refractivity contribution is 0.229. The van der Waals surface area contributed by atoms with Gasteiger partial charge in [-0.3, -0.25) is 5.01 Å². The van der Waals surface area contributed by atoms with Crippen LogP contribution in [0.15, 0.2) is 58.3 Å². The molecule has 1 N–H and O–H groups in total. The van der Waals surface area contributed by atoms with Gasteiger partial charge in [0.2, 0.25) is 0 Å². The monoisotopic (exact) mass is 325 g/mol. The third kappa shape index (κ3) is 3.25. The average Bonchev–Trinajstić information content (AvgIpc) is 2.62. The summed E-state index contributed by atoms with van der Waals surface area (Å²) >= 11 is 1.86. The number of likely N-dealkylation sites (tertiary alicyclic amines) is 1. The summed E-state index contributed by atoms with van der Waals surface area (Å²) < 4.78 is 0. The first kappa shape index (κ1) is 15.1. The molecule has 0 spiro atoms. The first-order chi connectivity index (χ1) is 11.4. The Bertz CT molecular complexity index is 622. The van der Waals surface area contributed by atoms with E-state index < -0.39 is 0 Å². The Kier molecular flexibility index (Phi) is 4.55. The summed E-state index contributed by atoms with van der Waals surface area (Å²) in [7, 11) is 0.